The lowest BCUT2D eigenvalue weighted by atomic mass is 9.87. The van der Waals surface area contributed by atoms with Gasteiger partial charge in [0.2, 0.25) is 0 Å². The van der Waals surface area contributed by atoms with E-state index >= 15 is 0 Å². The van der Waals surface area contributed by atoms with Crippen LogP contribution in [0.25, 0.3) is 0 Å². The number of phenolic OH excluding ortho intramolecular Hbond substituents is 1. The Balaban J connectivity index is 1.68. The summed E-state index contributed by atoms with van der Waals surface area (Å²) in [4.78, 5) is 17.4. The van der Waals surface area contributed by atoms with E-state index in [2.05, 4.69) is 5.16 Å². The number of nitrogens with zero attached hydrogens (tertiary/aromatic N) is 1. The zero-order valence-corrected chi connectivity index (χ0v) is 12.0. The molecule has 112 valence electrons. The van der Waals surface area contributed by atoms with Gasteiger partial charge in [-0.1, -0.05) is 11.6 Å². The van der Waals surface area contributed by atoms with Crippen LogP contribution in [0.2, 0.25) is 0 Å². The van der Waals surface area contributed by atoms with Crippen LogP contribution in [0, 0.1) is 11.8 Å². The molecule has 21 heavy (non-hydrogen) atoms. The van der Waals surface area contributed by atoms with Gasteiger partial charge >= 0.3 is 5.97 Å². The molecular formula is C16H19NO4. The number of rotatable bonds is 3. The molecule has 1 aromatic carbocycles. The highest BCUT2D eigenvalue weighted by Gasteiger charge is 2.42. The molecule has 0 saturated heterocycles. The molecule has 1 aliphatic heterocycles. The number of hydrogen-bond donors (Lipinski definition) is 1. The van der Waals surface area contributed by atoms with Crippen molar-refractivity contribution >= 4 is 11.7 Å². The van der Waals surface area contributed by atoms with Crippen LogP contribution in [0.15, 0.2) is 29.4 Å². The van der Waals surface area contributed by atoms with Gasteiger partial charge < -0.3 is 14.7 Å². The van der Waals surface area contributed by atoms with E-state index in [0.29, 0.717) is 6.42 Å². The van der Waals surface area contributed by atoms with Crippen LogP contribution in [-0.2, 0) is 14.4 Å². The summed E-state index contributed by atoms with van der Waals surface area (Å²) in [5.41, 5.74) is 1.82. The number of oxime groups is 1. The Labute approximate surface area is 123 Å². The van der Waals surface area contributed by atoms with Crippen molar-refractivity contribution in [1.29, 1.82) is 0 Å². The van der Waals surface area contributed by atoms with E-state index < -0.39 is 0 Å². The largest absolute Gasteiger partial charge is 0.508 e. The number of carbonyl (C=O) groups excluding carboxylic acids is 1. The number of methoxy groups -OCH3 is 1. The number of phenols is 1. The van der Waals surface area contributed by atoms with Gasteiger partial charge in [0, 0.05) is 12.3 Å². The fourth-order valence-corrected chi connectivity index (χ4v) is 3.33. The Bertz CT molecular complexity index is 552. The van der Waals surface area contributed by atoms with Gasteiger partial charge in [-0.2, -0.15) is 0 Å². The Morgan fingerprint density at radius 2 is 2.10 bits per heavy atom. The fourth-order valence-electron chi connectivity index (χ4n) is 3.33. The maximum atomic E-state index is 11.8. The fraction of sp³-hybridized carbons (Fsp3) is 0.500. The third-order valence-electron chi connectivity index (χ3n) is 4.44. The molecule has 0 bridgehead atoms. The lowest BCUT2D eigenvalue weighted by Gasteiger charge is -2.21. The molecule has 1 N–H and O–H groups in total. The number of benzene rings is 1. The van der Waals surface area contributed by atoms with Gasteiger partial charge in [0.15, 0.2) is 0 Å². The summed E-state index contributed by atoms with van der Waals surface area (Å²) in [6.45, 7) is 0. The van der Waals surface area contributed by atoms with Gasteiger partial charge in [-0.3, -0.25) is 4.79 Å². The summed E-state index contributed by atoms with van der Waals surface area (Å²) in [6, 6.07) is 6.93. The Hall–Kier alpha value is -2.04. The van der Waals surface area contributed by atoms with Crippen molar-refractivity contribution in [2.45, 2.75) is 31.8 Å². The average molecular weight is 289 g/mol. The predicted molar refractivity (Wildman–Crippen MR) is 77.0 cm³/mol. The molecule has 1 fully saturated rings. The van der Waals surface area contributed by atoms with Gasteiger partial charge in [0.25, 0.3) is 0 Å². The molecule has 1 heterocycles. The average Bonchev–Trinajstić information content (AvgIpc) is 3.15. The monoisotopic (exact) mass is 289 g/mol. The number of aromatic hydroxyl groups is 1. The van der Waals surface area contributed by atoms with E-state index in [0.717, 1.165) is 30.5 Å². The second-order valence-corrected chi connectivity index (χ2v) is 5.66. The lowest BCUT2D eigenvalue weighted by molar-refractivity contribution is -0.148. The molecular weight excluding hydrogens is 270 g/mol. The first-order valence-corrected chi connectivity index (χ1v) is 7.29. The Morgan fingerprint density at radius 3 is 2.81 bits per heavy atom. The van der Waals surface area contributed by atoms with Crippen LogP contribution >= 0.6 is 0 Å². The van der Waals surface area contributed by atoms with E-state index in [4.69, 9.17) is 9.57 Å². The molecule has 1 aliphatic carbocycles. The van der Waals surface area contributed by atoms with E-state index in [-0.39, 0.29) is 29.7 Å². The van der Waals surface area contributed by atoms with Gasteiger partial charge in [0.1, 0.15) is 11.9 Å². The molecule has 3 atom stereocenters. The third-order valence-corrected chi connectivity index (χ3v) is 4.44. The van der Waals surface area contributed by atoms with E-state index in [1.807, 2.05) is 12.1 Å². The van der Waals surface area contributed by atoms with E-state index in [9.17, 15) is 9.90 Å². The predicted octanol–water partition coefficient (Wildman–Crippen LogP) is 2.47. The SMILES string of the molecule is COC(=O)C1CCCC1C1CC(c2ccc(O)cc2)=NO1. The second kappa shape index (κ2) is 5.76. The molecule has 3 unspecified atom stereocenters. The number of hydrogen-bond acceptors (Lipinski definition) is 5. The molecule has 0 radical (unpaired) electrons. The topological polar surface area (TPSA) is 68.1 Å². The Kier molecular flexibility index (Phi) is 3.82. The molecule has 5 nitrogen and oxygen atoms in total. The minimum atomic E-state index is -0.140. The number of carbonyl (C=O) groups is 1. The molecule has 0 spiro atoms. The number of ether oxygens (including phenoxy) is 1. The summed E-state index contributed by atoms with van der Waals surface area (Å²) < 4.78 is 4.89. The zero-order valence-electron chi connectivity index (χ0n) is 12.0. The second-order valence-electron chi connectivity index (χ2n) is 5.66. The van der Waals surface area contributed by atoms with E-state index in [1.54, 1.807) is 12.1 Å². The van der Waals surface area contributed by atoms with Crippen LogP contribution < -0.4 is 0 Å². The maximum Gasteiger partial charge on any atom is 0.309 e. The van der Waals surface area contributed by atoms with Crippen LogP contribution in [-0.4, -0.2) is 30.0 Å². The van der Waals surface area contributed by atoms with Crippen molar-refractivity contribution in [3.63, 3.8) is 0 Å². The molecule has 2 aliphatic rings. The normalized spacial score (nSPS) is 28.0. The van der Waals surface area contributed by atoms with Crippen LogP contribution in [0.3, 0.4) is 0 Å². The van der Waals surface area contributed by atoms with Crippen molar-refractivity contribution in [2.75, 3.05) is 7.11 Å². The quantitative estimate of drug-likeness (QED) is 0.868. The molecule has 1 aromatic rings. The van der Waals surface area contributed by atoms with Crippen LogP contribution in [0.4, 0.5) is 0 Å². The Morgan fingerprint density at radius 1 is 1.33 bits per heavy atom. The summed E-state index contributed by atoms with van der Waals surface area (Å²) in [7, 11) is 1.44. The van der Waals surface area contributed by atoms with Crippen molar-refractivity contribution in [3.8, 4) is 5.75 Å². The zero-order chi connectivity index (χ0) is 14.8. The summed E-state index contributed by atoms with van der Waals surface area (Å²) in [5, 5.41) is 13.5. The molecule has 3 rings (SSSR count). The van der Waals surface area contributed by atoms with E-state index in [1.165, 1.54) is 7.11 Å². The van der Waals surface area contributed by atoms with Gasteiger partial charge in [0.05, 0.1) is 18.7 Å². The van der Waals surface area contributed by atoms with Crippen molar-refractivity contribution in [1.82, 2.24) is 0 Å². The first-order valence-electron chi connectivity index (χ1n) is 7.29. The van der Waals surface area contributed by atoms with Crippen molar-refractivity contribution in [2.24, 2.45) is 17.0 Å². The minimum absolute atomic E-state index is 0.0552. The summed E-state index contributed by atoms with van der Waals surface area (Å²) in [5.74, 6) is 0.195. The highest BCUT2D eigenvalue weighted by atomic mass is 16.6. The number of esters is 1. The molecule has 1 saturated carbocycles. The summed E-state index contributed by atoms with van der Waals surface area (Å²) >= 11 is 0. The minimum Gasteiger partial charge on any atom is -0.508 e. The van der Waals surface area contributed by atoms with Gasteiger partial charge in [-0.15, -0.1) is 0 Å². The first-order chi connectivity index (χ1) is 10.2. The summed E-state index contributed by atoms with van der Waals surface area (Å²) in [6.07, 6.45) is 3.51. The molecule has 0 amide bonds. The smallest absolute Gasteiger partial charge is 0.309 e. The van der Waals surface area contributed by atoms with Gasteiger partial charge in [-0.25, -0.2) is 0 Å². The third kappa shape index (κ3) is 2.73. The highest BCUT2D eigenvalue weighted by molar-refractivity contribution is 6.01. The van der Waals surface area contributed by atoms with Crippen molar-refractivity contribution in [3.05, 3.63) is 29.8 Å². The lowest BCUT2D eigenvalue weighted by Crippen LogP contribution is -2.30. The molecule has 0 aromatic heterocycles. The molecule has 5 heteroatoms. The standard InChI is InChI=1S/C16H19NO4/c1-20-16(19)13-4-2-3-12(13)15-9-14(17-21-15)10-5-7-11(18)8-6-10/h5-8,12-13,15,18H,2-4,9H2,1H3. The maximum absolute atomic E-state index is 11.8. The van der Waals surface area contributed by atoms with Crippen LogP contribution in [0.5, 0.6) is 5.75 Å². The van der Waals surface area contributed by atoms with Crippen molar-refractivity contribution < 1.29 is 19.5 Å². The highest BCUT2D eigenvalue weighted by Crippen LogP contribution is 2.39. The van der Waals surface area contributed by atoms with Gasteiger partial charge in [-0.05, 0) is 42.7 Å². The first kappa shape index (κ1) is 13.9. The van der Waals surface area contributed by atoms with Crippen LogP contribution in [0.1, 0.15) is 31.2 Å².